The van der Waals surface area contributed by atoms with Crippen molar-refractivity contribution in [1.29, 1.82) is 0 Å². The molecule has 1 amide bonds. The summed E-state index contributed by atoms with van der Waals surface area (Å²) in [6.45, 7) is 2.74. The summed E-state index contributed by atoms with van der Waals surface area (Å²) in [5.74, 6) is 0.144. The van der Waals surface area contributed by atoms with Crippen LogP contribution in [0.4, 0.5) is 0 Å². The van der Waals surface area contributed by atoms with Crippen molar-refractivity contribution in [2.24, 2.45) is 5.73 Å². The number of aromatic nitrogens is 1. The van der Waals surface area contributed by atoms with Gasteiger partial charge in [-0.05, 0) is 20.5 Å². The van der Waals surface area contributed by atoms with E-state index in [4.69, 9.17) is 10.3 Å². The molecule has 1 aliphatic rings. The summed E-state index contributed by atoms with van der Waals surface area (Å²) >= 11 is 0. The van der Waals surface area contributed by atoms with E-state index in [-0.39, 0.29) is 5.69 Å². The van der Waals surface area contributed by atoms with Gasteiger partial charge in [0.05, 0.1) is 6.54 Å². The summed E-state index contributed by atoms with van der Waals surface area (Å²) in [4.78, 5) is 15.4. The summed E-state index contributed by atoms with van der Waals surface area (Å²) in [6.07, 6.45) is 1.16. The molecule has 1 aromatic heterocycles. The van der Waals surface area contributed by atoms with Crippen LogP contribution < -0.4 is 5.73 Å². The lowest BCUT2D eigenvalue weighted by Gasteiger charge is -2.19. The zero-order chi connectivity index (χ0) is 12.4. The molecule has 0 saturated carbocycles. The molecule has 1 aromatic rings. The van der Waals surface area contributed by atoms with Crippen LogP contribution >= 0.6 is 0 Å². The van der Waals surface area contributed by atoms with Gasteiger partial charge in [0.25, 0.3) is 5.91 Å². The molecule has 94 valence electrons. The van der Waals surface area contributed by atoms with Crippen molar-refractivity contribution >= 4 is 5.91 Å². The number of nitrogens with two attached hydrogens (primary N) is 1. The molecule has 6 heteroatoms. The first-order valence-electron chi connectivity index (χ1n) is 5.70. The monoisotopic (exact) mass is 238 g/mol. The molecule has 0 aliphatic carbocycles. The van der Waals surface area contributed by atoms with Crippen molar-refractivity contribution in [3.8, 4) is 0 Å². The van der Waals surface area contributed by atoms with Gasteiger partial charge in [0.15, 0.2) is 11.5 Å². The zero-order valence-corrected chi connectivity index (χ0v) is 10.2. The van der Waals surface area contributed by atoms with Gasteiger partial charge in [-0.15, -0.1) is 0 Å². The maximum atomic E-state index is 10.9. The quantitative estimate of drug-likeness (QED) is 0.793. The number of nitrogens with zero attached hydrogens (tertiary/aromatic N) is 3. The molecule has 0 spiro atoms. The number of amides is 1. The van der Waals surface area contributed by atoms with Gasteiger partial charge in [0.2, 0.25) is 0 Å². The van der Waals surface area contributed by atoms with Crippen LogP contribution in [0.15, 0.2) is 10.6 Å². The molecule has 0 bridgehead atoms. The van der Waals surface area contributed by atoms with Gasteiger partial charge < -0.3 is 15.2 Å². The minimum atomic E-state index is -0.549. The SMILES string of the molecule is CN(C)C1CCN(Cc2cc(C(N)=O)no2)C1. The topological polar surface area (TPSA) is 75.6 Å². The Morgan fingerprint density at radius 3 is 3.00 bits per heavy atom. The maximum Gasteiger partial charge on any atom is 0.270 e. The van der Waals surface area contributed by atoms with E-state index < -0.39 is 5.91 Å². The molecule has 1 aliphatic heterocycles. The van der Waals surface area contributed by atoms with E-state index in [2.05, 4.69) is 29.1 Å². The van der Waals surface area contributed by atoms with Crippen molar-refractivity contribution in [2.45, 2.75) is 19.0 Å². The highest BCUT2D eigenvalue weighted by Gasteiger charge is 2.24. The van der Waals surface area contributed by atoms with Gasteiger partial charge in [0.1, 0.15) is 0 Å². The van der Waals surface area contributed by atoms with Crippen LogP contribution in [0.2, 0.25) is 0 Å². The lowest BCUT2D eigenvalue weighted by molar-refractivity contribution is 0.0991. The third kappa shape index (κ3) is 2.83. The molecule has 0 radical (unpaired) electrons. The summed E-state index contributed by atoms with van der Waals surface area (Å²) in [5.41, 5.74) is 5.31. The van der Waals surface area contributed by atoms with Crippen molar-refractivity contribution in [1.82, 2.24) is 15.0 Å². The highest BCUT2D eigenvalue weighted by Crippen LogP contribution is 2.16. The highest BCUT2D eigenvalue weighted by molar-refractivity contribution is 5.90. The first kappa shape index (κ1) is 12.1. The molecule has 1 fully saturated rings. The normalized spacial score (nSPS) is 21.2. The van der Waals surface area contributed by atoms with Gasteiger partial charge in [-0.3, -0.25) is 9.69 Å². The zero-order valence-electron chi connectivity index (χ0n) is 10.2. The smallest absolute Gasteiger partial charge is 0.270 e. The first-order chi connectivity index (χ1) is 8.06. The van der Waals surface area contributed by atoms with Gasteiger partial charge in [0, 0.05) is 25.2 Å². The number of hydrogen-bond donors (Lipinski definition) is 1. The van der Waals surface area contributed by atoms with Crippen molar-refractivity contribution in [3.63, 3.8) is 0 Å². The second-order valence-electron chi connectivity index (χ2n) is 4.68. The van der Waals surface area contributed by atoms with Crippen LogP contribution in [0.3, 0.4) is 0 Å². The molecule has 1 atom stereocenters. The maximum absolute atomic E-state index is 10.9. The predicted molar refractivity (Wildman–Crippen MR) is 62.4 cm³/mol. The molecular formula is C11H18N4O2. The Kier molecular flexibility index (Phi) is 3.44. The van der Waals surface area contributed by atoms with E-state index in [9.17, 15) is 4.79 Å². The fraction of sp³-hybridized carbons (Fsp3) is 0.636. The molecule has 1 unspecified atom stereocenters. The average Bonchev–Trinajstić information content (AvgIpc) is 2.87. The minimum absolute atomic E-state index is 0.198. The first-order valence-corrected chi connectivity index (χ1v) is 5.70. The molecule has 2 N–H and O–H groups in total. The standard InChI is InChI=1S/C11H18N4O2/c1-14(2)8-3-4-15(6-8)7-9-5-10(11(12)16)13-17-9/h5,8H,3-4,6-7H2,1-2H3,(H2,12,16). The summed E-state index contributed by atoms with van der Waals surface area (Å²) in [5, 5.41) is 3.63. The Morgan fingerprint density at radius 2 is 2.47 bits per heavy atom. The molecule has 2 heterocycles. The number of hydrogen-bond acceptors (Lipinski definition) is 5. The number of likely N-dealkylation sites (tertiary alicyclic amines) is 1. The molecule has 17 heavy (non-hydrogen) atoms. The number of carbonyl (C=O) groups excluding carboxylic acids is 1. The van der Waals surface area contributed by atoms with Crippen LogP contribution in [-0.2, 0) is 6.54 Å². The van der Waals surface area contributed by atoms with Crippen LogP contribution in [0, 0.1) is 0 Å². The fourth-order valence-electron chi connectivity index (χ4n) is 2.10. The Hall–Kier alpha value is -1.40. The molecule has 1 saturated heterocycles. The third-order valence-corrected chi connectivity index (χ3v) is 3.17. The van der Waals surface area contributed by atoms with Gasteiger partial charge in [-0.1, -0.05) is 5.16 Å². The van der Waals surface area contributed by atoms with E-state index in [0.717, 1.165) is 19.5 Å². The van der Waals surface area contributed by atoms with E-state index in [1.54, 1.807) is 6.07 Å². The number of carbonyl (C=O) groups is 1. The van der Waals surface area contributed by atoms with Gasteiger partial charge in [-0.25, -0.2) is 0 Å². The van der Waals surface area contributed by atoms with Crippen molar-refractivity contribution in [3.05, 3.63) is 17.5 Å². The molecular weight excluding hydrogens is 220 g/mol. The van der Waals surface area contributed by atoms with Crippen LogP contribution in [0.5, 0.6) is 0 Å². The largest absolute Gasteiger partial charge is 0.364 e. The lowest BCUT2D eigenvalue weighted by Crippen LogP contribution is -2.31. The second kappa shape index (κ2) is 4.85. The van der Waals surface area contributed by atoms with E-state index >= 15 is 0 Å². The predicted octanol–water partition coefficient (Wildman–Crippen LogP) is -0.0906. The Bertz CT molecular complexity index is 402. The average molecular weight is 238 g/mol. The van der Waals surface area contributed by atoms with Crippen LogP contribution in [-0.4, -0.2) is 54.1 Å². The van der Waals surface area contributed by atoms with E-state index in [1.165, 1.54) is 0 Å². The Labute approximate surface area is 100 Å². The van der Waals surface area contributed by atoms with E-state index in [0.29, 0.717) is 18.3 Å². The number of likely N-dealkylation sites (N-methyl/N-ethyl adjacent to an activating group) is 1. The van der Waals surface area contributed by atoms with Gasteiger partial charge >= 0.3 is 0 Å². The molecule has 6 nitrogen and oxygen atoms in total. The second-order valence-corrected chi connectivity index (χ2v) is 4.68. The minimum Gasteiger partial charge on any atom is -0.364 e. The van der Waals surface area contributed by atoms with Crippen LogP contribution in [0.25, 0.3) is 0 Å². The number of rotatable bonds is 4. The van der Waals surface area contributed by atoms with Crippen LogP contribution in [0.1, 0.15) is 22.7 Å². The van der Waals surface area contributed by atoms with Crippen molar-refractivity contribution < 1.29 is 9.32 Å². The molecule has 0 aromatic carbocycles. The fourth-order valence-corrected chi connectivity index (χ4v) is 2.10. The van der Waals surface area contributed by atoms with Gasteiger partial charge in [-0.2, -0.15) is 0 Å². The Balaban J connectivity index is 1.91. The summed E-state index contributed by atoms with van der Waals surface area (Å²) < 4.78 is 5.08. The van der Waals surface area contributed by atoms with Crippen molar-refractivity contribution in [2.75, 3.05) is 27.2 Å². The highest BCUT2D eigenvalue weighted by atomic mass is 16.5. The van der Waals surface area contributed by atoms with E-state index in [1.807, 2.05) is 0 Å². The summed E-state index contributed by atoms with van der Waals surface area (Å²) in [6, 6.07) is 2.21. The number of primary amides is 1. The Morgan fingerprint density at radius 1 is 1.71 bits per heavy atom. The summed E-state index contributed by atoms with van der Waals surface area (Å²) in [7, 11) is 4.18. The third-order valence-electron chi connectivity index (χ3n) is 3.17. The lowest BCUT2D eigenvalue weighted by atomic mass is 10.2. The molecule has 2 rings (SSSR count).